The van der Waals surface area contributed by atoms with Crippen molar-refractivity contribution in [3.05, 3.63) is 38.8 Å². The van der Waals surface area contributed by atoms with Gasteiger partial charge < -0.3 is 4.74 Å². The van der Waals surface area contributed by atoms with Crippen molar-refractivity contribution < 1.29 is 9.53 Å². The summed E-state index contributed by atoms with van der Waals surface area (Å²) in [4.78, 5) is 17.0. The molecule has 0 atom stereocenters. The van der Waals surface area contributed by atoms with Gasteiger partial charge >= 0.3 is 0 Å². The number of nitrogens with one attached hydrogen (secondary N) is 1. The van der Waals surface area contributed by atoms with E-state index < -0.39 is 0 Å². The zero-order valence-corrected chi connectivity index (χ0v) is 15.9. The number of amides is 1. The Balaban J connectivity index is 1.45. The molecule has 0 unspecified atom stereocenters. The minimum absolute atomic E-state index is 0.135. The first-order chi connectivity index (χ1) is 11.5. The Morgan fingerprint density at radius 3 is 3.08 bits per heavy atom. The standard InChI is InChI=1S/C15H14BrClN4O2S/c1-9-8-24-15-19-14(20-21(9)15)18-13(22)3-2-6-23-12-5-4-10(17)7-11(12)16/h4-5,7-8H,2-3,6H2,1H3,(H,18,20,22). The van der Waals surface area contributed by atoms with Crippen molar-refractivity contribution in [2.45, 2.75) is 19.8 Å². The second kappa shape index (κ2) is 7.50. The molecule has 126 valence electrons. The van der Waals surface area contributed by atoms with Crippen LogP contribution in [0.25, 0.3) is 4.96 Å². The van der Waals surface area contributed by atoms with Crippen LogP contribution in [0.5, 0.6) is 5.75 Å². The first-order valence-electron chi connectivity index (χ1n) is 7.21. The zero-order chi connectivity index (χ0) is 17.1. The highest BCUT2D eigenvalue weighted by molar-refractivity contribution is 9.10. The van der Waals surface area contributed by atoms with Crippen LogP contribution in [0.2, 0.25) is 5.02 Å². The van der Waals surface area contributed by atoms with Crippen molar-refractivity contribution in [1.82, 2.24) is 14.6 Å². The highest BCUT2D eigenvalue weighted by Crippen LogP contribution is 2.28. The van der Waals surface area contributed by atoms with E-state index in [2.05, 4.69) is 31.3 Å². The number of aromatic nitrogens is 3. The monoisotopic (exact) mass is 428 g/mol. The average Bonchev–Trinajstić information content (AvgIpc) is 3.07. The minimum Gasteiger partial charge on any atom is -0.492 e. The summed E-state index contributed by atoms with van der Waals surface area (Å²) < 4.78 is 8.12. The summed E-state index contributed by atoms with van der Waals surface area (Å²) in [6.45, 7) is 2.37. The first-order valence-corrected chi connectivity index (χ1v) is 9.26. The van der Waals surface area contributed by atoms with Crippen molar-refractivity contribution in [2.24, 2.45) is 0 Å². The number of benzene rings is 1. The maximum Gasteiger partial charge on any atom is 0.250 e. The average molecular weight is 430 g/mol. The van der Waals surface area contributed by atoms with E-state index in [1.807, 2.05) is 12.3 Å². The third kappa shape index (κ3) is 4.06. The van der Waals surface area contributed by atoms with Crippen LogP contribution in [-0.2, 0) is 4.79 Å². The van der Waals surface area contributed by atoms with Gasteiger partial charge in [0, 0.05) is 16.8 Å². The van der Waals surface area contributed by atoms with E-state index in [1.165, 1.54) is 11.3 Å². The van der Waals surface area contributed by atoms with Crippen LogP contribution >= 0.6 is 38.9 Å². The smallest absolute Gasteiger partial charge is 0.250 e. The molecular formula is C15H14BrClN4O2S. The minimum atomic E-state index is -0.135. The molecular weight excluding hydrogens is 416 g/mol. The molecule has 0 saturated carbocycles. The van der Waals surface area contributed by atoms with Crippen molar-refractivity contribution in [3.63, 3.8) is 0 Å². The summed E-state index contributed by atoms with van der Waals surface area (Å²) in [6, 6.07) is 5.31. The predicted molar refractivity (Wildman–Crippen MR) is 98.1 cm³/mol. The lowest BCUT2D eigenvalue weighted by molar-refractivity contribution is -0.116. The number of anilines is 1. The number of fused-ring (bicyclic) bond motifs is 1. The van der Waals surface area contributed by atoms with E-state index >= 15 is 0 Å². The van der Waals surface area contributed by atoms with E-state index in [0.29, 0.717) is 36.2 Å². The fraction of sp³-hybridized carbons (Fsp3) is 0.267. The molecule has 1 amide bonds. The highest BCUT2D eigenvalue weighted by Gasteiger charge is 2.10. The molecule has 0 aliphatic rings. The van der Waals surface area contributed by atoms with E-state index in [-0.39, 0.29) is 5.91 Å². The number of thiazole rings is 1. The van der Waals surface area contributed by atoms with Crippen LogP contribution in [0.4, 0.5) is 5.95 Å². The number of ether oxygens (including phenoxy) is 1. The second-order valence-electron chi connectivity index (χ2n) is 5.08. The van der Waals surface area contributed by atoms with E-state index in [0.717, 1.165) is 15.1 Å². The maximum atomic E-state index is 11.9. The van der Waals surface area contributed by atoms with Crippen LogP contribution in [0.1, 0.15) is 18.5 Å². The molecule has 0 spiro atoms. The highest BCUT2D eigenvalue weighted by atomic mass is 79.9. The molecule has 0 saturated heterocycles. The summed E-state index contributed by atoms with van der Waals surface area (Å²) in [7, 11) is 0. The summed E-state index contributed by atoms with van der Waals surface area (Å²) in [6.07, 6.45) is 0.916. The summed E-state index contributed by atoms with van der Waals surface area (Å²) in [5, 5.41) is 9.55. The molecule has 0 bridgehead atoms. The molecule has 2 aromatic heterocycles. The third-order valence-electron chi connectivity index (χ3n) is 3.20. The van der Waals surface area contributed by atoms with E-state index in [9.17, 15) is 4.79 Å². The third-order valence-corrected chi connectivity index (χ3v) is 4.99. The number of rotatable bonds is 6. The SMILES string of the molecule is Cc1csc2nc(NC(=O)CCCOc3ccc(Cl)cc3Br)nn12. The van der Waals surface area contributed by atoms with Crippen molar-refractivity contribution in [1.29, 1.82) is 0 Å². The van der Waals surface area contributed by atoms with Crippen LogP contribution < -0.4 is 10.1 Å². The summed E-state index contributed by atoms with van der Waals surface area (Å²) >= 11 is 10.7. The van der Waals surface area contributed by atoms with Gasteiger partial charge in [0.15, 0.2) is 0 Å². The van der Waals surface area contributed by atoms with Gasteiger partial charge in [0.1, 0.15) is 5.75 Å². The van der Waals surface area contributed by atoms with Gasteiger partial charge in [-0.3, -0.25) is 10.1 Å². The summed E-state index contributed by atoms with van der Waals surface area (Å²) in [5.41, 5.74) is 0.991. The normalized spacial score (nSPS) is 11.0. The first kappa shape index (κ1) is 17.2. The predicted octanol–water partition coefficient (Wildman–Crippen LogP) is 4.31. The van der Waals surface area contributed by atoms with Gasteiger partial charge in [-0.1, -0.05) is 11.6 Å². The lowest BCUT2D eigenvalue weighted by Crippen LogP contribution is -2.14. The maximum absolute atomic E-state index is 11.9. The molecule has 0 radical (unpaired) electrons. The second-order valence-corrected chi connectivity index (χ2v) is 7.21. The summed E-state index contributed by atoms with van der Waals surface area (Å²) in [5.74, 6) is 0.896. The molecule has 2 heterocycles. The molecule has 24 heavy (non-hydrogen) atoms. The Labute approximate surface area is 155 Å². The van der Waals surface area contributed by atoms with Gasteiger partial charge in [-0.15, -0.1) is 16.4 Å². The van der Waals surface area contributed by atoms with Gasteiger partial charge in [-0.2, -0.15) is 4.98 Å². The molecule has 0 fully saturated rings. The molecule has 1 N–H and O–H groups in total. The topological polar surface area (TPSA) is 68.5 Å². The van der Waals surface area contributed by atoms with Crippen LogP contribution in [0, 0.1) is 6.92 Å². The Morgan fingerprint density at radius 1 is 1.50 bits per heavy atom. The fourth-order valence-corrected chi connectivity index (χ4v) is 3.64. The van der Waals surface area contributed by atoms with E-state index in [1.54, 1.807) is 22.7 Å². The molecule has 3 aromatic rings. The molecule has 0 aliphatic heterocycles. The Hall–Kier alpha value is -1.64. The number of hydrogen-bond donors (Lipinski definition) is 1. The fourth-order valence-electron chi connectivity index (χ4n) is 2.04. The number of aryl methyl sites for hydroxylation is 1. The Morgan fingerprint density at radius 2 is 2.33 bits per heavy atom. The van der Waals surface area contributed by atoms with Gasteiger partial charge in [-0.05, 0) is 47.5 Å². The zero-order valence-electron chi connectivity index (χ0n) is 12.8. The van der Waals surface area contributed by atoms with E-state index in [4.69, 9.17) is 16.3 Å². The molecule has 3 rings (SSSR count). The molecule has 0 aliphatic carbocycles. The molecule has 1 aromatic carbocycles. The van der Waals surface area contributed by atoms with Crippen LogP contribution in [-0.4, -0.2) is 27.1 Å². The number of carbonyl (C=O) groups excluding carboxylic acids is 1. The molecule has 9 heteroatoms. The number of carbonyl (C=O) groups is 1. The number of hydrogen-bond acceptors (Lipinski definition) is 5. The van der Waals surface area contributed by atoms with Gasteiger partial charge in [0.05, 0.1) is 16.8 Å². The largest absolute Gasteiger partial charge is 0.492 e. The van der Waals surface area contributed by atoms with Crippen LogP contribution in [0.3, 0.4) is 0 Å². The van der Waals surface area contributed by atoms with Crippen LogP contribution in [0.15, 0.2) is 28.1 Å². The van der Waals surface area contributed by atoms with Gasteiger partial charge in [0.25, 0.3) is 0 Å². The number of nitrogens with zero attached hydrogens (tertiary/aromatic N) is 3. The molecule has 6 nitrogen and oxygen atoms in total. The van der Waals surface area contributed by atoms with Gasteiger partial charge in [0.2, 0.25) is 16.8 Å². The Kier molecular flexibility index (Phi) is 5.37. The van der Waals surface area contributed by atoms with Crippen molar-refractivity contribution in [3.8, 4) is 5.75 Å². The number of halogens is 2. The quantitative estimate of drug-likeness (QED) is 0.593. The lowest BCUT2D eigenvalue weighted by Gasteiger charge is -2.08. The Bertz CT molecular complexity index is 880. The van der Waals surface area contributed by atoms with Crippen molar-refractivity contribution in [2.75, 3.05) is 11.9 Å². The van der Waals surface area contributed by atoms with Gasteiger partial charge in [-0.25, -0.2) is 4.52 Å². The lowest BCUT2D eigenvalue weighted by atomic mass is 10.3. The van der Waals surface area contributed by atoms with Crippen molar-refractivity contribution >= 4 is 55.7 Å².